The molecule has 1 aromatic rings. The van der Waals surface area contributed by atoms with Crippen LogP contribution >= 0.6 is 0 Å². The number of halogens is 1. The minimum absolute atomic E-state index is 0.190. The van der Waals surface area contributed by atoms with Crippen molar-refractivity contribution in [2.45, 2.75) is 32.1 Å². The van der Waals surface area contributed by atoms with Gasteiger partial charge in [-0.1, -0.05) is 37.5 Å². The number of carbonyl (C=O) groups excluding carboxylic acids is 1. The second kappa shape index (κ2) is 5.57. The molecule has 1 aromatic carbocycles. The molecule has 3 rings (SSSR count). The number of nitrogens with zero attached hydrogens (tertiary/aromatic N) is 1. The van der Waals surface area contributed by atoms with Crippen LogP contribution in [0.25, 0.3) is 6.08 Å². The Labute approximate surface area is 117 Å². The number of rotatable bonds is 2. The van der Waals surface area contributed by atoms with Gasteiger partial charge in [0.15, 0.2) is 5.70 Å². The summed E-state index contributed by atoms with van der Waals surface area (Å²) in [5, 5.41) is 0. The van der Waals surface area contributed by atoms with Crippen molar-refractivity contribution in [3.8, 4) is 0 Å². The van der Waals surface area contributed by atoms with Crippen LogP contribution in [0.5, 0.6) is 0 Å². The summed E-state index contributed by atoms with van der Waals surface area (Å²) >= 11 is 0. The predicted molar refractivity (Wildman–Crippen MR) is 74.5 cm³/mol. The van der Waals surface area contributed by atoms with Crippen LogP contribution in [-0.4, -0.2) is 11.9 Å². The molecule has 0 atom stereocenters. The van der Waals surface area contributed by atoms with E-state index in [2.05, 4.69) is 4.99 Å². The van der Waals surface area contributed by atoms with Gasteiger partial charge in [-0.05, 0) is 25.0 Å². The Hall–Kier alpha value is -1.97. The highest BCUT2D eigenvalue weighted by Gasteiger charge is 2.30. The molecule has 0 N–H and O–H groups in total. The van der Waals surface area contributed by atoms with Gasteiger partial charge in [0.1, 0.15) is 5.82 Å². The predicted octanol–water partition coefficient (Wildman–Crippen LogP) is 3.70. The highest BCUT2D eigenvalue weighted by atomic mass is 19.1. The lowest BCUT2D eigenvalue weighted by molar-refractivity contribution is -0.130. The highest BCUT2D eigenvalue weighted by molar-refractivity contribution is 6.07. The van der Waals surface area contributed by atoms with Gasteiger partial charge in [-0.25, -0.2) is 14.2 Å². The van der Waals surface area contributed by atoms with E-state index in [0.717, 1.165) is 25.7 Å². The van der Waals surface area contributed by atoms with Crippen molar-refractivity contribution in [2.75, 3.05) is 0 Å². The third-order valence-electron chi connectivity index (χ3n) is 3.79. The van der Waals surface area contributed by atoms with Crippen molar-refractivity contribution in [3.05, 3.63) is 41.3 Å². The number of aliphatic imine (C=N–C) groups is 1. The number of ether oxygens (including phenoxy) is 1. The first-order valence-electron chi connectivity index (χ1n) is 7.01. The van der Waals surface area contributed by atoms with Crippen LogP contribution in [0.4, 0.5) is 4.39 Å². The van der Waals surface area contributed by atoms with Crippen LogP contribution in [0.1, 0.15) is 37.7 Å². The normalized spacial score (nSPS) is 21.9. The summed E-state index contributed by atoms with van der Waals surface area (Å²) in [6, 6.07) is 6.31. The van der Waals surface area contributed by atoms with E-state index >= 15 is 0 Å². The zero-order chi connectivity index (χ0) is 13.9. The number of hydrogen-bond donors (Lipinski definition) is 0. The fraction of sp³-hybridized carbons (Fsp3) is 0.375. The lowest BCUT2D eigenvalue weighted by Gasteiger charge is -2.19. The van der Waals surface area contributed by atoms with E-state index in [1.54, 1.807) is 18.2 Å². The second-order valence-corrected chi connectivity index (χ2v) is 5.23. The first-order chi connectivity index (χ1) is 9.74. The lowest BCUT2D eigenvalue weighted by atomic mass is 9.89. The number of hydrogen-bond acceptors (Lipinski definition) is 3. The fourth-order valence-corrected chi connectivity index (χ4v) is 2.69. The first kappa shape index (κ1) is 13.0. The molecule has 4 heteroatoms. The molecule has 1 saturated carbocycles. The molecule has 0 radical (unpaired) electrons. The summed E-state index contributed by atoms with van der Waals surface area (Å²) in [5.41, 5.74) is 0.545. The summed E-state index contributed by atoms with van der Waals surface area (Å²) in [7, 11) is 0. The van der Waals surface area contributed by atoms with Crippen LogP contribution in [0.2, 0.25) is 0 Å². The maximum atomic E-state index is 13.6. The molecule has 0 unspecified atom stereocenters. The molecule has 1 aliphatic carbocycles. The second-order valence-electron chi connectivity index (χ2n) is 5.23. The molecule has 0 amide bonds. The number of carbonyl (C=O) groups is 1. The topological polar surface area (TPSA) is 38.7 Å². The molecule has 1 fully saturated rings. The largest absolute Gasteiger partial charge is 0.406 e. The molecule has 104 valence electrons. The molecule has 3 nitrogen and oxygen atoms in total. The Morgan fingerprint density at radius 2 is 1.95 bits per heavy atom. The van der Waals surface area contributed by atoms with Gasteiger partial charge in [-0.3, -0.25) is 0 Å². The van der Waals surface area contributed by atoms with E-state index in [0.29, 0.717) is 11.5 Å². The molecule has 0 spiro atoms. The quantitative estimate of drug-likeness (QED) is 0.608. The molecular weight excluding hydrogens is 257 g/mol. The molecule has 2 aliphatic rings. The van der Waals surface area contributed by atoms with Crippen LogP contribution in [0, 0.1) is 11.7 Å². The number of esters is 1. The Morgan fingerprint density at radius 3 is 2.70 bits per heavy atom. The standard InChI is InChI=1S/C16H16FNO2/c17-13-9-5-4-8-12(13)10-14-16(19)20-15(18-14)11-6-2-1-3-7-11/h4-5,8-11H,1-3,6-7H2. The van der Waals surface area contributed by atoms with Crippen molar-refractivity contribution < 1.29 is 13.9 Å². The highest BCUT2D eigenvalue weighted by Crippen LogP contribution is 2.29. The minimum atomic E-state index is -0.478. The molecule has 0 aromatic heterocycles. The molecule has 0 bridgehead atoms. The zero-order valence-electron chi connectivity index (χ0n) is 11.1. The average molecular weight is 273 g/mol. The van der Waals surface area contributed by atoms with E-state index in [-0.39, 0.29) is 17.4 Å². The van der Waals surface area contributed by atoms with Crippen molar-refractivity contribution >= 4 is 17.9 Å². The molecule has 1 aliphatic heterocycles. The van der Waals surface area contributed by atoms with Gasteiger partial charge in [-0.2, -0.15) is 0 Å². The smallest absolute Gasteiger partial charge is 0.363 e. The van der Waals surface area contributed by atoms with Crippen molar-refractivity contribution in [3.63, 3.8) is 0 Å². The fourth-order valence-electron chi connectivity index (χ4n) is 2.69. The van der Waals surface area contributed by atoms with Crippen molar-refractivity contribution in [2.24, 2.45) is 10.9 Å². The zero-order valence-corrected chi connectivity index (χ0v) is 11.1. The number of cyclic esters (lactones) is 1. The average Bonchev–Trinajstić information content (AvgIpc) is 2.84. The SMILES string of the molecule is O=C1OC(C2CCCCC2)=NC1=Cc1ccccc1F. The summed E-state index contributed by atoms with van der Waals surface area (Å²) in [4.78, 5) is 16.1. The van der Waals surface area contributed by atoms with Gasteiger partial charge in [-0.15, -0.1) is 0 Å². The van der Waals surface area contributed by atoms with Gasteiger partial charge in [0.2, 0.25) is 5.90 Å². The van der Waals surface area contributed by atoms with E-state index in [1.807, 2.05) is 0 Å². The van der Waals surface area contributed by atoms with Gasteiger partial charge in [0, 0.05) is 11.5 Å². The van der Waals surface area contributed by atoms with Gasteiger partial charge >= 0.3 is 5.97 Å². The van der Waals surface area contributed by atoms with Crippen LogP contribution in [0.15, 0.2) is 35.0 Å². The van der Waals surface area contributed by atoms with Crippen LogP contribution in [0.3, 0.4) is 0 Å². The summed E-state index contributed by atoms with van der Waals surface area (Å²) in [5.74, 6) is -0.0977. The third kappa shape index (κ3) is 2.64. The summed E-state index contributed by atoms with van der Waals surface area (Å²) in [6.07, 6.45) is 7.00. The molecule has 0 saturated heterocycles. The van der Waals surface area contributed by atoms with Gasteiger partial charge in [0.05, 0.1) is 0 Å². The van der Waals surface area contributed by atoms with Gasteiger partial charge in [0.25, 0.3) is 0 Å². The van der Waals surface area contributed by atoms with E-state index in [9.17, 15) is 9.18 Å². The first-order valence-corrected chi connectivity index (χ1v) is 7.01. The number of benzene rings is 1. The van der Waals surface area contributed by atoms with Crippen LogP contribution in [-0.2, 0) is 9.53 Å². The Kier molecular flexibility index (Phi) is 3.63. The minimum Gasteiger partial charge on any atom is -0.406 e. The summed E-state index contributed by atoms with van der Waals surface area (Å²) in [6.45, 7) is 0. The Bertz CT molecular complexity index is 586. The molecule has 20 heavy (non-hydrogen) atoms. The van der Waals surface area contributed by atoms with E-state index < -0.39 is 5.97 Å². The van der Waals surface area contributed by atoms with Crippen LogP contribution < -0.4 is 0 Å². The maximum Gasteiger partial charge on any atom is 0.363 e. The van der Waals surface area contributed by atoms with Gasteiger partial charge < -0.3 is 4.74 Å². The van der Waals surface area contributed by atoms with E-state index in [4.69, 9.17) is 4.74 Å². The lowest BCUT2D eigenvalue weighted by Crippen LogP contribution is -2.19. The van der Waals surface area contributed by atoms with E-state index in [1.165, 1.54) is 18.6 Å². The molecular formula is C16H16FNO2. The van der Waals surface area contributed by atoms with Crippen molar-refractivity contribution in [1.82, 2.24) is 0 Å². The maximum absolute atomic E-state index is 13.6. The third-order valence-corrected chi connectivity index (χ3v) is 3.79. The Balaban J connectivity index is 1.85. The Morgan fingerprint density at radius 1 is 1.20 bits per heavy atom. The van der Waals surface area contributed by atoms with Crippen molar-refractivity contribution in [1.29, 1.82) is 0 Å². The monoisotopic (exact) mass is 273 g/mol. The summed E-state index contributed by atoms with van der Waals surface area (Å²) < 4.78 is 18.8. The molecule has 1 heterocycles.